The molecule has 1 saturated heterocycles. The fourth-order valence-corrected chi connectivity index (χ4v) is 2.30. The fourth-order valence-electron chi connectivity index (χ4n) is 2.30. The summed E-state index contributed by atoms with van der Waals surface area (Å²) in [4.78, 5) is 22.0. The van der Waals surface area contributed by atoms with Crippen molar-refractivity contribution in [2.24, 2.45) is 0 Å². The number of carbonyl (C=O) groups excluding carboxylic acids is 1. The van der Waals surface area contributed by atoms with Gasteiger partial charge >= 0.3 is 11.9 Å². The molecule has 18 heavy (non-hydrogen) atoms. The summed E-state index contributed by atoms with van der Waals surface area (Å²) in [6.07, 6.45) is -1.34. The zero-order chi connectivity index (χ0) is 13.8. The summed E-state index contributed by atoms with van der Waals surface area (Å²) in [5.74, 6) is -3.35. The van der Waals surface area contributed by atoms with Crippen LogP contribution in [-0.2, 0) is 23.8 Å². The second kappa shape index (κ2) is 3.64. The van der Waals surface area contributed by atoms with Crippen LogP contribution in [-0.4, -0.2) is 46.8 Å². The Balaban J connectivity index is 2.24. The Labute approximate surface area is 103 Å². The number of alkyl halides is 1. The molecular formula is C11H15FO6. The average Bonchev–Trinajstić information content (AvgIpc) is 2.63. The maximum Gasteiger partial charge on any atom is 0.346 e. The Hall–Kier alpha value is -1.21. The first kappa shape index (κ1) is 13.2. The predicted molar refractivity (Wildman–Crippen MR) is 55.5 cm³/mol. The third-order valence-corrected chi connectivity index (χ3v) is 3.25. The maximum absolute atomic E-state index is 14.2. The smallest absolute Gasteiger partial charge is 0.346 e. The second-order valence-electron chi connectivity index (χ2n) is 5.08. The van der Waals surface area contributed by atoms with Crippen LogP contribution in [0.2, 0.25) is 0 Å². The molecule has 1 aliphatic carbocycles. The third-order valence-electron chi connectivity index (χ3n) is 3.25. The van der Waals surface area contributed by atoms with Crippen LogP contribution in [0.4, 0.5) is 4.39 Å². The van der Waals surface area contributed by atoms with Gasteiger partial charge in [0.2, 0.25) is 0 Å². The molecule has 3 atom stereocenters. The van der Waals surface area contributed by atoms with E-state index in [0.717, 1.165) is 6.92 Å². The van der Waals surface area contributed by atoms with E-state index in [1.807, 2.05) is 0 Å². The van der Waals surface area contributed by atoms with Gasteiger partial charge in [-0.05, 0) is 13.8 Å². The topological polar surface area (TPSA) is 82.1 Å². The number of halogens is 1. The quantitative estimate of drug-likeness (QED) is 0.751. The van der Waals surface area contributed by atoms with Gasteiger partial charge in [-0.1, -0.05) is 0 Å². The van der Waals surface area contributed by atoms with Crippen LogP contribution < -0.4 is 0 Å². The lowest BCUT2D eigenvalue weighted by molar-refractivity contribution is -0.183. The largest absolute Gasteiger partial charge is 0.479 e. The zero-order valence-electron chi connectivity index (χ0n) is 10.4. The summed E-state index contributed by atoms with van der Waals surface area (Å²) >= 11 is 0. The molecule has 102 valence electrons. The van der Waals surface area contributed by atoms with E-state index in [4.69, 9.17) is 19.3 Å². The molecule has 1 aliphatic heterocycles. The van der Waals surface area contributed by atoms with E-state index in [9.17, 15) is 14.0 Å². The SMILES string of the molecule is CC(=O)O[C@@]1([C@@H]2COC(C)(C)O2)C[C@]1(F)C(=O)O. The highest BCUT2D eigenvalue weighted by atomic mass is 19.1. The monoisotopic (exact) mass is 262 g/mol. The highest BCUT2D eigenvalue weighted by molar-refractivity contribution is 5.86. The molecule has 0 amide bonds. The van der Waals surface area contributed by atoms with Gasteiger partial charge < -0.3 is 19.3 Å². The molecule has 0 spiro atoms. The van der Waals surface area contributed by atoms with Gasteiger partial charge in [-0.3, -0.25) is 4.79 Å². The number of carbonyl (C=O) groups is 2. The van der Waals surface area contributed by atoms with E-state index in [1.54, 1.807) is 13.8 Å². The number of ether oxygens (including phenoxy) is 3. The van der Waals surface area contributed by atoms with Gasteiger partial charge in [-0.15, -0.1) is 0 Å². The minimum absolute atomic E-state index is 0.0147. The molecule has 2 fully saturated rings. The second-order valence-corrected chi connectivity index (χ2v) is 5.08. The highest BCUT2D eigenvalue weighted by Crippen LogP contribution is 2.59. The molecule has 2 rings (SSSR count). The van der Waals surface area contributed by atoms with Crippen LogP contribution in [0.5, 0.6) is 0 Å². The van der Waals surface area contributed by atoms with E-state index in [0.29, 0.717) is 0 Å². The van der Waals surface area contributed by atoms with Gasteiger partial charge in [-0.2, -0.15) is 0 Å². The molecule has 1 heterocycles. The minimum atomic E-state index is -2.60. The zero-order valence-corrected chi connectivity index (χ0v) is 10.4. The number of carboxylic acid groups (broad SMARTS) is 1. The van der Waals surface area contributed by atoms with E-state index >= 15 is 0 Å². The first-order chi connectivity index (χ1) is 8.13. The normalized spacial score (nSPS) is 41.4. The average molecular weight is 262 g/mol. The molecule has 6 nitrogen and oxygen atoms in total. The molecule has 0 aromatic rings. The van der Waals surface area contributed by atoms with Crippen LogP contribution in [0, 0.1) is 0 Å². The summed E-state index contributed by atoms with van der Waals surface area (Å²) in [7, 11) is 0. The Kier molecular flexibility index (Phi) is 2.68. The first-order valence-corrected chi connectivity index (χ1v) is 5.57. The lowest BCUT2D eigenvalue weighted by Crippen LogP contribution is -2.45. The maximum atomic E-state index is 14.2. The van der Waals surface area contributed by atoms with Crippen molar-refractivity contribution in [2.75, 3.05) is 6.61 Å². The van der Waals surface area contributed by atoms with Crippen molar-refractivity contribution in [3.8, 4) is 0 Å². The third kappa shape index (κ3) is 1.78. The van der Waals surface area contributed by atoms with Crippen LogP contribution in [0.1, 0.15) is 27.2 Å². The van der Waals surface area contributed by atoms with Crippen molar-refractivity contribution in [2.45, 2.75) is 50.4 Å². The molecule has 0 bridgehead atoms. The molecule has 2 aliphatic rings. The Bertz CT molecular complexity index is 408. The number of carboxylic acids is 1. The highest BCUT2D eigenvalue weighted by Gasteiger charge is 2.82. The number of rotatable bonds is 3. The van der Waals surface area contributed by atoms with E-state index in [1.165, 1.54) is 0 Å². The van der Waals surface area contributed by atoms with Crippen LogP contribution >= 0.6 is 0 Å². The lowest BCUT2D eigenvalue weighted by atomic mass is 10.1. The van der Waals surface area contributed by atoms with E-state index in [2.05, 4.69) is 0 Å². The van der Waals surface area contributed by atoms with Gasteiger partial charge in [-0.25, -0.2) is 9.18 Å². The first-order valence-electron chi connectivity index (χ1n) is 5.57. The molecule has 0 aromatic carbocycles. The molecule has 0 aromatic heterocycles. The van der Waals surface area contributed by atoms with Crippen molar-refractivity contribution < 1.29 is 33.3 Å². The van der Waals surface area contributed by atoms with E-state index in [-0.39, 0.29) is 6.61 Å². The van der Waals surface area contributed by atoms with Gasteiger partial charge in [0.25, 0.3) is 5.67 Å². The van der Waals surface area contributed by atoms with Gasteiger partial charge in [0.15, 0.2) is 11.4 Å². The lowest BCUT2D eigenvalue weighted by Gasteiger charge is -2.25. The molecule has 1 N–H and O–H groups in total. The number of hydrogen-bond donors (Lipinski definition) is 1. The van der Waals surface area contributed by atoms with E-state index < -0.39 is 41.5 Å². The summed E-state index contributed by atoms with van der Waals surface area (Å²) in [5.41, 5.74) is -4.38. The Morgan fingerprint density at radius 3 is 2.39 bits per heavy atom. The molecule has 1 saturated carbocycles. The molecular weight excluding hydrogens is 247 g/mol. The van der Waals surface area contributed by atoms with Crippen molar-refractivity contribution >= 4 is 11.9 Å². The van der Waals surface area contributed by atoms with Gasteiger partial charge in [0.1, 0.15) is 6.10 Å². The fraction of sp³-hybridized carbons (Fsp3) is 0.818. The minimum Gasteiger partial charge on any atom is -0.479 e. The number of hydrogen-bond acceptors (Lipinski definition) is 5. The van der Waals surface area contributed by atoms with Gasteiger partial charge in [0.05, 0.1) is 6.61 Å². The number of aliphatic carboxylic acids is 1. The van der Waals surface area contributed by atoms with Crippen LogP contribution in [0.25, 0.3) is 0 Å². The Morgan fingerprint density at radius 1 is 1.44 bits per heavy atom. The van der Waals surface area contributed by atoms with Crippen molar-refractivity contribution in [3.63, 3.8) is 0 Å². The molecule has 7 heteroatoms. The number of esters is 1. The van der Waals surface area contributed by atoms with Crippen molar-refractivity contribution in [1.29, 1.82) is 0 Å². The van der Waals surface area contributed by atoms with Crippen LogP contribution in [0.3, 0.4) is 0 Å². The summed E-state index contributed by atoms with van der Waals surface area (Å²) < 4.78 is 29.8. The summed E-state index contributed by atoms with van der Waals surface area (Å²) in [5, 5.41) is 8.89. The molecule has 0 radical (unpaired) electrons. The van der Waals surface area contributed by atoms with Crippen molar-refractivity contribution in [1.82, 2.24) is 0 Å². The van der Waals surface area contributed by atoms with Crippen molar-refractivity contribution in [3.05, 3.63) is 0 Å². The predicted octanol–water partition coefficient (Wildman–Crippen LogP) is 0.636. The summed E-state index contributed by atoms with van der Waals surface area (Å²) in [6, 6.07) is 0. The standard InChI is InChI=1S/C11H15FO6/c1-6(13)17-11(5-10(11,12)8(14)15)7-4-16-9(2,3)18-7/h7H,4-5H2,1-3H3,(H,14,15)/t7-,10-,11+/m0/s1. The summed E-state index contributed by atoms with van der Waals surface area (Å²) in [6.45, 7) is 4.33. The van der Waals surface area contributed by atoms with Gasteiger partial charge in [0, 0.05) is 13.3 Å². The molecule has 0 unspecified atom stereocenters. The van der Waals surface area contributed by atoms with Crippen LogP contribution in [0.15, 0.2) is 0 Å². The Morgan fingerprint density at radius 2 is 2.06 bits per heavy atom.